The van der Waals surface area contributed by atoms with Crippen molar-refractivity contribution in [2.24, 2.45) is 0 Å². The number of aromatic nitrogens is 1. The number of para-hydroxylation sites is 2. The van der Waals surface area contributed by atoms with Gasteiger partial charge in [0.05, 0.1) is 16.4 Å². The normalized spacial score (nSPS) is 12.7. The largest absolute Gasteiger partial charge is 0.310 e. The van der Waals surface area contributed by atoms with Gasteiger partial charge in [-0.05, 0) is 105 Å². The first kappa shape index (κ1) is 33.0. The van der Waals surface area contributed by atoms with E-state index in [1.165, 1.54) is 66.3 Å². The topological polar surface area (TPSA) is 8.17 Å². The Morgan fingerprint density at radius 1 is 0.333 bits per heavy atom. The van der Waals surface area contributed by atoms with Gasteiger partial charge in [0.25, 0.3) is 0 Å². The second-order valence-corrected chi connectivity index (χ2v) is 14.9. The molecule has 0 bridgehead atoms. The molecule has 2 heteroatoms. The molecule has 1 aliphatic carbocycles. The zero-order valence-corrected chi connectivity index (χ0v) is 31.3. The SMILES string of the molecule is c1ccc(-c2ccc(N(c3ccc(-n4c5ccccc5c5ccccc54)cc3)c3cccc(C4(c5ccccc5)c5ccccc5-c5ccccc54)c3)cc2)cc1. The van der Waals surface area contributed by atoms with Crippen molar-refractivity contribution >= 4 is 38.9 Å². The monoisotopic (exact) mass is 726 g/mol. The quantitative estimate of drug-likeness (QED) is 0.159. The molecule has 1 aliphatic rings. The maximum Gasteiger partial charge on any atom is 0.0714 e. The third kappa shape index (κ3) is 5.18. The van der Waals surface area contributed by atoms with E-state index in [2.05, 4.69) is 240 Å². The first-order chi connectivity index (χ1) is 28.3. The molecule has 0 N–H and O–H groups in total. The Balaban J connectivity index is 1.10. The van der Waals surface area contributed by atoms with Crippen LogP contribution in [0.3, 0.4) is 0 Å². The highest BCUT2D eigenvalue weighted by atomic mass is 15.1. The third-order valence-corrected chi connectivity index (χ3v) is 11.9. The summed E-state index contributed by atoms with van der Waals surface area (Å²) in [4.78, 5) is 2.40. The lowest BCUT2D eigenvalue weighted by Gasteiger charge is -2.35. The van der Waals surface area contributed by atoms with Crippen LogP contribution in [0.2, 0.25) is 0 Å². The van der Waals surface area contributed by atoms with Crippen LogP contribution in [-0.2, 0) is 5.41 Å². The fourth-order valence-corrected chi connectivity index (χ4v) is 9.42. The Bertz CT molecular complexity index is 2950. The molecule has 9 aromatic carbocycles. The number of hydrogen-bond acceptors (Lipinski definition) is 1. The summed E-state index contributed by atoms with van der Waals surface area (Å²) >= 11 is 0. The van der Waals surface area contributed by atoms with E-state index in [0.717, 1.165) is 22.7 Å². The van der Waals surface area contributed by atoms with Crippen molar-refractivity contribution in [3.05, 3.63) is 253 Å². The van der Waals surface area contributed by atoms with E-state index in [4.69, 9.17) is 0 Å². The minimum absolute atomic E-state index is 0.492. The molecular formula is C55H38N2. The molecule has 11 rings (SSSR count). The van der Waals surface area contributed by atoms with E-state index in [-0.39, 0.29) is 0 Å². The Kier molecular flexibility index (Phi) is 7.75. The molecule has 0 aliphatic heterocycles. The van der Waals surface area contributed by atoms with Gasteiger partial charge in [0.15, 0.2) is 0 Å². The van der Waals surface area contributed by atoms with Crippen LogP contribution in [-0.4, -0.2) is 4.57 Å². The van der Waals surface area contributed by atoms with Gasteiger partial charge in [-0.15, -0.1) is 0 Å². The Labute approximate surface area is 333 Å². The molecule has 0 saturated heterocycles. The second-order valence-electron chi connectivity index (χ2n) is 14.9. The lowest BCUT2D eigenvalue weighted by Crippen LogP contribution is -2.28. The lowest BCUT2D eigenvalue weighted by atomic mass is 9.67. The van der Waals surface area contributed by atoms with Crippen molar-refractivity contribution in [3.63, 3.8) is 0 Å². The molecule has 57 heavy (non-hydrogen) atoms. The van der Waals surface area contributed by atoms with E-state index < -0.39 is 5.41 Å². The van der Waals surface area contributed by atoms with Crippen molar-refractivity contribution in [2.75, 3.05) is 4.90 Å². The fourth-order valence-electron chi connectivity index (χ4n) is 9.42. The van der Waals surface area contributed by atoms with Gasteiger partial charge in [-0.2, -0.15) is 0 Å². The van der Waals surface area contributed by atoms with E-state index in [1.807, 2.05) is 0 Å². The maximum atomic E-state index is 2.41. The highest BCUT2D eigenvalue weighted by Crippen LogP contribution is 2.56. The van der Waals surface area contributed by atoms with Gasteiger partial charge in [0.1, 0.15) is 0 Å². The number of benzene rings is 9. The first-order valence-corrected chi connectivity index (χ1v) is 19.7. The third-order valence-electron chi connectivity index (χ3n) is 11.9. The highest BCUT2D eigenvalue weighted by molar-refractivity contribution is 6.09. The number of nitrogens with zero attached hydrogens (tertiary/aromatic N) is 2. The summed E-state index contributed by atoms with van der Waals surface area (Å²) in [6, 6.07) is 84.2. The van der Waals surface area contributed by atoms with Gasteiger partial charge in [0.2, 0.25) is 0 Å². The van der Waals surface area contributed by atoms with E-state index in [1.54, 1.807) is 0 Å². The summed E-state index contributed by atoms with van der Waals surface area (Å²) in [6.45, 7) is 0. The average Bonchev–Trinajstić information content (AvgIpc) is 3.79. The molecule has 1 heterocycles. The predicted molar refractivity (Wildman–Crippen MR) is 238 cm³/mol. The number of anilines is 3. The summed E-state index contributed by atoms with van der Waals surface area (Å²) in [6.07, 6.45) is 0. The van der Waals surface area contributed by atoms with Gasteiger partial charge in [-0.3, -0.25) is 0 Å². The van der Waals surface area contributed by atoms with Crippen molar-refractivity contribution < 1.29 is 0 Å². The molecule has 0 saturated carbocycles. The molecule has 2 nitrogen and oxygen atoms in total. The highest BCUT2D eigenvalue weighted by Gasteiger charge is 2.46. The first-order valence-electron chi connectivity index (χ1n) is 19.7. The van der Waals surface area contributed by atoms with Crippen LogP contribution >= 0.6 is 0 Å². The summed E-state index contributed by atoms with van der Waals surface area (Å²) in [5.74, 6) is 0. The lowest BCUT2D eigenvalue weighted by molar-refractivity contribution is 0.768. The van der Waals surface area contributed by atoms with Gasteiger partial charge in [-0.25, -0.2) is 0 Å². The van der Waals surface area contributed by atoms with Gasteiger partial charge in [-0.1, -0.05) is 170 Å². The number of rotatable bonds is 7. The predicted octanol–water partition coefficient (Wildman–Crippen LogP) is 14.3. The van der Waals surface area contributed by atoms with Crippen LogP contribution in [0.1, 0.15) is 22.3 Å². The molecule has 0 radical (unpaired) electrons. The van der Waals surface area contributed by atoms with Crippen LogP contribution in [0, 0.1) is 0 Å². The molecule has 0 fully saturated rings. The molecule has 268 valence electrons. The molecular weight excluding hydrogens is 689 g/mol. The summed E-state index contributed by atoms with van der Waals surface area (Å²) < 4.78 is 2.38. The molecule has 1 aromatic heterocycles. The Morgan fingerprint density at radius 3 is 1.42 bits per heavy atom. The van der Waals surface area contributed by atoms with Crippen LogP contribution in [0.4, 0.5) is 17.1 Å². The molecule has 0 atom stereocenters. The zero-order valence-electron chi connectivity index (χ0n) is 31.3. The minimum atomic E-state index is -0.492. The second kappa shape index (κ2) is 13.4. The summed E-state index contributed by atoms with van der Waals surface area (Å²) in [5.41, 5.74) is 16.4. The maximum absolute atomic E-state index is 2.41. The van der Waals surface area contributed by atoms with Crippen molar-refractivity contribution in [3.8, 4) is 27.9 Å². The van der Waals surface area contributed by atoms with Crippen molar-refractivity contribution in [1.82, 2.24) is 4.57 Å². The van der Waals surface area contributed by atoms with Gasteiger partial charge in [0, 0.05) is 33.5 Å². The van der Waals surface area contributed by atoms with Crippen LogP contribution in [0.25, 0.3) is 49.7 Å². The van der Waals surface area contributed by atoms with E-state index in [9.17, 15) is 0 Å². The van der Waals surface area contributed by atoms with Crippen molar-refractivity contribution in [1.29, 1.82) is 0 Å². The molecule has 0 amide bonds. The standard InChI is InChI=1S/C55H38N2/c1-3-16-39(17-4-1)40-30-32-43(33-31-40)56(44-34-36-45(37-35-44)57-53-28-13-9-24-49(53)50-25-10-14-29-54(50)57)46-21-15-20-42(38-46)55(41-18-5-2-6-19-41)51-26-11-7-22-47(51)48-23-8-12-27-52(48)55/h1-38H. The molecule has 10 aromatic rings. The smallest absolute Gasteiger partial charge is 0.0714 e. The Morgan fingerprint density at radius 2 is 0.807 bits per heavy atom. The van der Waals surface area contributed by atoms with Crippen LogP contribution in [0.15, 0.2) is 231 Å². The average molecular weight is 727 g/mol. The summed E-state index contributed by atoms with van der Waals surface area (Å²) in [5, 5.41) is 2.52. The number of hydrogen-bond donors (Lipinski definition) is 0. The fraction of sp³-hybridized carbons (Fsp3) is 0.0182. The summed E-state index contributed by atoms with van der Waals surface area (Å²) in [7, 11) is 0. The van der Waals surface area contributed by atoms with Crippen LogP contribution < -0.4 is 4.90 Å². The molecule has 0 spiro atoms. The van der Waals surface area contributed by atoms with Gasteiger partial charge >= 0.3 is 0 Å². The zero-order chi connectivity index (χ0) is 37.8. The minimum Gasteiger partial charge on any atom is -0.310 e. The van der Waals surface area contributed by atoms with Crippen LogP contribution in [0.5, 0.6) is 0 Å². The van der Waals surface area contributed by atoms with Crippen molar-refractivity contribution in [2.45, 2.75) is 5.41 Å². The van der Waals surface area contributed by atoms with Gasteiger partial charge < -0.3 is 9.47 Å². The van der Waals surface area contributed by atoms with E-state index >= 15 is 0 Å². The molecule has 0 unspecified atom stereocenters. The number of fused-ring (bicyclic) bond motifs is 6. The Hall–Kier alpha value is -7.42. The van der Waals surface area contributed by atoms with E-state index in [0.29, 0.717) is 0 Å².